The van der Waals surface area contributed by atoms with Gasteiger partial charge in [-0.25, -0.2) is 15.0 Å². The van der Waals surface area contributed by atoms with Crippen molar-refractivity contribution in [2.24, 2.45) is 10.4 Å². The van der Waals surface area contributed by atoms with Gasteiger partial charge in [-0.1, -0.05) is 39.8 Å². The molecule has 2 heterocycles. The zero-order chi connectivity index (χ0) is 11.3. The van der Waals surface area contributed by atoms with Crippen molar-refractivity contribution in [1.29, 1.82) is 0 Å². The Morgan fingerprint density at radius 1 is 1.20 bits per heavy atom. The lowest BCUT2D eigenvalue weighted by atomic mass is 9.93. The Hall–Kier alpha value is -1.51. The minimum atomic E-state index is 0.0272. The zero-order valence-corrected chi connectivity index (χ0v) is 9.73. The van der Waals surface area contributed by atoms with E-state index < -0.39 is 0 Å². The molecule has 0 spiro atoms. The summed E-state index contributed by atoms with van der Waals surface area (Å²) in [5, 5.41) is 0.998. The van der Waals surface area contributed by atoms with Crippen LogP contribution >= 0.6 is 0 Å². The lowest BCUT2D eigenvalue weighted by Crippen LogP contribution is -2.29. The fourth-order valence-electron chi connectivity index (χ4n) is 1.29. The van der Waals surface area contributed by atoms with E-state index in [2.05, 4.69) is 41.0 Å². The molecule has 0 bridgehead atoms. The normalized spacial score (nSPS) is 16.0. The third-order valence-electron chi connectivity index (χ3n) is 1.95. The predicted octanol–water partition coefficient (Wildman–Crippen LogP) is 1.46. The molecule has 0 amide bonds. The average molecular weight is 203 g/mol. The molecule has 1 aromatic heterocycles. The van der Waals surface area contributed by atoms with E-state index in [9.17, 15) is 0 Å². The highest BCUT2D eigenvalue weighted by molar-refractivity contribution is 5.34. The van der Waals surface area contributed by atoms with Crippen molar-refractivity contribution in [3.05, 3.63) is 35.5 Å². The van der Waals surface area contributed by atoms with Gasteiger partial charge in [0.1, 0.15) is 6.33 Å². The molecule has 3 nitrogen and oxygen atoms in total. The van der Waals surface area contributed by atoms with Crippen LogP contribution in [0.5, 0.6) is 0 Å². The SMILES string of the molecule is CC.CC1(C)C=CN=c2ncncc2=C1. The summed E-state index contributed by atoms with van der Waals surface area (Å²) < 4.78 is 0. The Labute approximate surface area is 90.3 Å². The van der Waals surface area contributed by atoms with E-state index in [1.54, 1.807) is 12.4 Å². The number of nitrogens with zero attached hydrogens (tertiary/aromatic N) is 3. The lowest BCUT2D eigenvalue weighted by molar-refractivity contribution is 0.669. The molecule has 1 aliphatic heterocycles. The van der Waals surface area contributed by atoms with E-state index in [4.69, 9.17) is 0 Å². The van der Waals surface area contributed by atoms with E-state index in [0.29, 0.717) is 0 Å². The van der Waals surface area contributed by atoms with Crippen molar-refractivity contribution in [2.75, 3.05) is 0 Å². The molecule has 0 unspecified atom stereocenters. The fraction of sp³-hybridized carbons (Fsp3) is 0.417. The van der Waals surface area contributed by atoms with E-state index >= 15 is 0 Å². The van der Waals surface area contributed by atoms with Gasteiger partial charge in [0.15, 0.2) is 5.49 Å². The van der Waals surface area contributed by atoms with Crippen molar-refractivity contribution >= 4 is 6.08 Å². The van der Waals surface area contributed by atoms with Crippen LogP contribution in [-0.2, 0) is 0 Å². The highest BCUT2D eigenvalue weighted by Crippen LogP contribution is 2.18. The average Bonchev–Trinajstić information content (AvgIpc) is 2.37. The molecular weight excluding hydrogens is 186 g/mol. The van der Waals surface area contributed by atoms with Crippen LogP contribution in [0.25, 0.3) is 6.08 Å². The molecule has 15 heavy (non-hydrogen) atoms. The molecule has 0 atom stereocenters. The first-order chi connectivity index (χ1) is 7.17. The molecular formula is C12H17N3. The van der Waals surface area contributed by atoms with Gasteiger partial charge in [0.05, 0.1) is 0 Å². The van der Waals surface area contributed by atoms with Crippen molar-refractivity contribution in [1.82, 2.24) is 9.97 Å². The van der Waals surface area contributed by atoms with E-state index in [1.807, 2.05) is 13.8 Å². The summed E-state index contributed by atoms with van der Waals surface area (Å²) in [5.41, 5.74) is 0.774. The van der Waals surface area contributed by atoms with Crippen LogP contribution in [0.4, 0.5) is 0 Å². The minimum Gasteiger partial charge on any atom is -0.244 e. The molecule has 0 saturated carbocycles. The summed E-state index contributed by atoms with van der Waals surface area (Å²) in [6.07, 6.45) is 9.28. The second-order valence-electron chi connectivity index (χ2n) is 3.71. The van der Waals surface area contributed by atoms with Gasteiger partial charge in [0, 0.05) is 23.0 Å². The molecule has 1 aromatic rings. The summed E-state index contributed by atoms with van der Waals surface area (Å²) in [7, 11) is 0. The fourth-order valence-corrected chi connectivity index (χ4v) is 1.29. The van der Waals surface area contributed by atoms with Crippen LogP contribution in [0.15, 0.2) is 29.8 Å². The largest absolute Gasteiger partial charge is 0.244 e. The molecule has 3 heteroatoms. The summed E-state index contributed by atoms with van der Waals surface area (Å²) in [5.74, 6) is 0. The Morgan fingerprint density at radius 2 is 1.93 bits per heavy atom. The number of hydrogen-bond acceptors (Lipinski definition) is 3. The zero-order valence-electron chi connectivity index (χ0n) is 9.73. The van der Waals surface area contributed by atoms with Crippen molar-refractivity contribution in [2.45, 2.75) is 27.7 Å². The smallest absolute Gasteiger partial charge is 0.162 e. The standard InChI is InChI=1S/C10H11N3.C2H6/c1-10(2)3-4-12-9-8(5-10)6-11-7-13-9;1-2/h3-7H,1-2H3;1-2H3. The van der Waals surface area contributed by atoms with Gasteiger partial charge in [-0.3, -0.25) is 0 Å². The van der Waals surface area contributed by atoms with Crippen molar-refractivity contribution in [3.8, 4) is 0 Å². The van der Waals surface area contributed by atoms with Gasteiger partial charge in [-0.15, -0.1) is 0 Å². The molecule has 0 saturated heterocycles. The maximum atomic E-state index is 4.22. The van der Waals surface area contributed by atoms with Crippen LogP contribution < -0.4 is 10.7 Å². The Kier molecular flexibility index (Phi) is 3.72. The van der Waals surface area contributed by atoms with Gasteiger partial charge >= 0.3 is 0 Å². The van der Waals surface area contributed by atoms with Crippen LogP contribution in [0.3, 0.4) is 0 Å². The Balaban J connectivity index is 0.000000531. The van der Waals surface area contributed by atoms with Gasteiger partial charge < -0.3 is 0 Å². The monoisotopic (exact) mass is 203 g/mol. The molecule has 2 rings (SSSR count). The van der Waals surface area contributed by atoms with Gasteiger partial charge in [-0.2, -0.15) is 0 Å². The highest BCUT2D eigenvalue weighted by atomic mass is 14.9. The number of aromatic nitrogens is 2. The lowest BCUT2D eigenvalue weighted by Gasteiger charge is -2.11. The van der Waals surface area contributed by atoms with Crippen LogP contribution in [0.1, 0.15) is 27.7 Å². The maximum absolute atomic E-state index is 4.22. The molecule has 0 aromatic carbocycles. The van der Waals surface area contributed by atoms with Gasteiger partial charge in [0.2, 0.25) is 0 Å². The molecule has 0 fully saturated rings. The maximum Gasteiger partial charge on any atom is 0.162 e. The van der Waals surface area contributed by atoms with Gasteiger partial charge in [-0.05, 0) is 0 Å². The number of allylic oxidation sites excluding steroid dienone is 1. The number of fused-ring (bicyclic) bond motifs is 1. The molecule has 0 N–H and O–H groups in total. The number of hydrogen-bond donors (Lipinski definition) is 0. The molecule has 1 aliphatic rings. The van der Waals surface area contributed by atoms with Crippen molar-refractivity contribution < 1.29 is 0 Å². The van der Waals surface area contributed by atoms with E-state index in [1.165, 1.54) is 6.33 Å². The summed E-state index contributed by atoms with van der Waals surface area (Å²) in [6, 6.07) is 0. The minimum absolute atomic E-state index is 0.0272. The first kappa shape index (κ1) is 11.6. The Bertz CT molecular complexity index is 458. The van der Waals surface area contributed by atoms with Crippen LogP contribution in [0.2, 0.25) is 0 Å². The predicted molar refractivity (Wildman–Crippen MR) is 61.5 cm³/mol. The Morgan fingerprint density at radius 3 is 2.67 bits per heavy atom. The second-order valence-corrected chi connectivity index (χ2v) is 3.71. The van der Waals surface area contributed by atoms with Crippen LogP contribution in [0, 0.1) is 5.41 Å². The van der Waals surface area contributed by atoms with E-state index in [-0.39, 0.29) is 5.41 Å². The molecule has 80 valence electrons. The second kappa shape index (κ2) is 4.82. The summed E-state index contributed by atoms with van der Waals surface area (Å²) in [4.78, 5) is 12.3. The van der Waals surface area contributed by atoms with Gasteiger partial charge in [0.25, 0.3) is 0 Å². The van der Waals surface area contributed by atoms with Crippen LogP contribution in [-0.4, -0.2) is 9.97 Å². The number of rotatable bonds is 0. The highest BCUT2D eigenvalue weighted by Gasteiger charge is 2.10. The molecule has 0 aliphatic carbocycles. The van der Waals surface area contributed by atoms with E-state index in [0.717, 1.165) is 10.7 Å². The molecule has 0 radical (unpaired) electrons. The third-order valence-corrected chi connectivity index (χ3v) is 1.95. The first-order valence-corrected chi connectivity index (χ1v) is 5.22. The quantitative estimate of drug-likeness (QED) is 0.640. The van der Waals surface area contributed by atoms with Crippen molar-refractivity contribution in [3.63, 3.8) is 0 Å². The summed E-state index contributed by atoms with van der Waals surface area (Å²) in [6.45, 7) is 8.25. The third kappa shape index (κ3) is 2.98. The first-order valence-electron chi connectivity index (χ1n) is 5.22. The summed E-state index contributed by atoms with van der Waals surface area (Å²) >= 11 is 0. The topological polar surface area (TPSA) is 38.1 Å².